The number of carbonyl (C=O) groups excluding carboxylic acids is 1. The third kappa shape index (κ3) is 3.38. The molecule has 100 valence electrons. The Morgan fingerprint density at radius 1 is 1.65 bits per heavy atom. The zero-order valence-corrected chi connectivity index (χ0v) is 10.7. The highest BCUT2D eigenvalue weighted by molar-refractivity contribution is 5.71. The van der Waals surface area contributed by atoms with E-state index in [9.17, 15) is 9.90 Å². The lowest BCUT2D eigenvalue weighted by Crippen LogP contribution is -2.59. The Hall–Kier alpha value is -0.690. The first kappa shape index (κ1) is 14.4. The van der Waals surface area contributed by atoms with E-state index in [1.165, 1.54) is 13.8 Å². The third-order valence-electron chi connectivity index (χ3n) is 2.94. The van der Waals surface area contributed by atoms with E-state index >= 15 is 0 Å². The van der Waals surface area contributed by atoms with Crippen LogP contribution in [0.3, 0.4) is 0 Å². The van der Waals surface area contributed by atoms with E-state index in [-0.39, 0.29) is 12.4 Å². The molecule has 0 aromatic heterocycles. The van der Waals surface area contributed by atoms with Crippen molar-refractivity contribution in [2.24, 2.45) is 5.90 Å². The molecule has 3 atom stereocenters. The smallest absolute Gasteiger partial charge is 0.309 e. The lowest BCUT2D eigenvalue weighted by atomic mass is 9.87. The number of rotatable bonds is 4. The fraction of sp³-hybridized carbons (Fsp3) is 0.909. The number of carbonyl (C=O) groups is 1. The van der Waals surface area contributed by atoms with Gasteiger partial charge in [0.2, 0.25) is 0 Å². The van der Waals surface area contributed by atoms with Crippen molar-refractivity contribution in [1.29, 1.82) is 0 Å². The molecule has 1 fully saturated rings. The molecule has 0 radical (unpaired) electrons. The Morgan fingerprint density at radius 3 is 2.65 bits per heavy atom. The monoisotopic (exact) mass is 247 g/mol. The molecule has 1 heterocycles. The number of nitrogens with two attached hydrogens (primary N) is 1. The highest BCUT2D eigenvalue weighted by atomic mass is 16.7. The first-order chi connectivity index (χ1) is 7.72. The summed E-state index contributed by atoms with van der Waals surface area (Å²) in [6.07, 6.45) is -0.656. The average Bonchev–Trinajstić information content (AvgIpc) is 2.14. The molecule has 1 saturated heterocycles. The van der Waals surface area contributed by atoms with Crippen LogP contribution in [-0.2, 0) is 19.1 Å². The second-order valence-corrected chi connectivity index (χ2v) is 5.00. The van der Waals surface area contributed by atoms with Gasteiger partial charge in [-0.3, -0.25) is 9.63 Å². The van der Waals surface area contributed by atoms with Crippen molar-refractivity contribution in [2.75, 3.05) is 0 Å². The topological polar surface area (TPSA) is 91.0 Å². The van der Waals surface area contributed by atoms with Gasteiger partial charge >= 0.3 is 5.97 Å². The van der Waals surface area contributed by atoms with Crippen LogP contribution >= 0.6 is 0 Å². The van der Waals surface area contributed by atoms with Crippen LogP contribution in [0.15, 0.2) is 0 Å². The molecule has 6 nitrogen and oxygen atoms in total. The maximum absolute atomic E-state index is 11.5. The molecule has 1 rings (SSSR count). The van der Waals surface area contributed by atoms with Crippen LogP contribution in [0.25, 0.3) is 0 Å². The van der Waals surface area contributed by atoms with Gasteiger partial charge in [0.15, 0.2) is 5.79 Å². The van der Waals surface area contributed by atoms with Crippen LogP contribution in [0.2, 0.25) is 0 Å². The highest BCUT2D eigenvalue weighted by Gasteiger charge is 2.49. The van der Waals surface area contributed by atoms with E-state index in [2.05, 4.69) is 0 Å². The molecule has 6 heteroatoms. The minimum Gasteiger partial charge on any atom is -0.456 e. The van der Waals surface area contributed by atoms with Gasteiger partial charge in [0.05, 0.1) is 6.42 Å². The number of hydrogen-bond donors (Lipinski definition) is 2. The lowest BCUT2D eigenvalue weighted by Gasteiger charge is -2.44. The fourth-order valence-corrected chi connectivity index (χ4v) is 2.00. The SMILES string of the molecule is CC[C@]1(C)OC(=O)C[C@H](OC(C)(C)O)[C@H]1ON. The molecule has 0 aromatic carbocycles. The van der Waals surface area contributed by atoms with Gasteiger partial charge in [0.1, 0.15) is 17.8 Å². The number of esters is 1. The fourth-order valence-electron chi connectivity index (χ4n) is 2.00. The summed E-state index contributed by atoms with van der Waals surface area (Å²) in [6.45, 7) is 6.59. The molecule has 0 spiro atoms. The summed E-state index contributed by atoms with van der Waals surface area (Å²) in [7, 11) is 0. The Labute approximate surface area is 101 Å². The van der Waals surface area contributed by atoms with Crippen LogP contribution in [0, 0.1) is 0 Å². The summed E-state index contributed by atoms with van der Waals surface area (Å²) in [5.74, 6) is 3.52. The Balaban J connectivity index is 2.90. The van der Waals surface area contributed by atoms with E-state index < -0.39 is 23.6 Å². The van der Waals surface area contributed by atoms with Crippen molar-refractivity contribution >= 4 is 5.97 Å². The van der Waals surface area contributed by atoms with Crippen LogP contribution in [0.1, 0.15) is 40.5 Å². The molecule has 0 unspecified atom stereocenters. The minimum absolute atomic E-state index is 0.0153. The van der Waals surface area contributed by atoms with Crippen molar-refractivity contribution in [3.05, 3.63) is 0 Å². The Bertz CT molecular complexity index is 288. The summed E-state index contributed by atoms with van der Waals surface area (Å²) in [6, 6.07) is 0. The summed E-state index contributed by atoms with van der Waals surface area (Å²) in [5, 5.41) is 9.64. The predicted molar refractivity (Wildman–Crippen MR) is 59.6 cm³/mol. The molecule has 0 aliphatic carbocycles. The predicted octanol–water partition coefficient (Wildman–Crippen LogP) is 0.475. The van der Waals surface area contributed by atoms with Gasteiger partial charge in [-0.1, -0.05) is 6.92 Å². The van der Waals surface area contributed by atoms with Crippen LogP contribution in [0.5, 0.6) is 0 Å². The molecule has 0 bridgehead atoms. The zero-order chi connectivity index (χ0) is 13.3. The maximum atomic E-state index is 11.5. The van der Waals surface area contributed by atoms with E-state index in [0.717, 1.165) is 0 Å². The van der Waals surface area contributed by atoms with Crippen molar-refractivity contribution in [3.8, 4) is 0 Å². The third-order valence-corrected chi connectivity index (χ3v) is 2.94. The first-order valence-corrected chi connectivity index (χ1v) is 5.69. The molecule has 3 N–H and O–H groups in total. The number of hydrogen-bond acceptors (Lipinski definition) is 6. The van der Waals surface area contributed by atoms with E-state index in [0.29, 0.717) is 6.42 Å². The van der Waals surface area contributed by atoms with Crippen LogP contribution in [-0.4, -0.2) is 34.7 Å². The molecular formula is C11H21NO5. The molecule has 0 amide bonds. The van der Waals surface area contributed by atoms with Crippen molar-refractivity contribution in [2.45, 2.75) is 64.1 Å². The molecule has 1 aliphatic rings. The summed E-state index contributed by atoms with van der Waals surface area (Å²) in [5.41, 5.74) is -0.833. The van der Waals surface area contributed by atoms with Gasteiger partial charge in [0.25, 0.3) is 0 Å². The molecule has 0 saturated carbocycles. The van der Waals surface area contributed by atoms with E-state index in [4.69, 9.17) is 20.2 Å². The standard InChI is InChI=1S/C11H21NO5/c1-5-11(4)9(17-12)7(6-8(13)16-11)15-10(2,3)14/h7,9,14H,5-6,12H2,1-4H3/t7-,9+,11-/m0/s1. The molecule has 17 heavy (non-hydrogen) atoms. The van der Waals surface area contributed by atoms with Gasteiger partial charge in [-0.25, -0.2) is 5.90 Å². The van der Waals surface area contributed by atoms with Gasteiger partial charge in [-0.05, 0) is 27.2 Å². The van der Waals surface area contributed by atoms with Crippen LogP contribution < -0.4 is 5.90 Å². The highest BCUT2D eigenvalue weighted by Crippen LogP contribution is 2.33. The lowest BCUT2D eigenvalue weighted by molar-refractivity contribution is -0.273. The Kier molecular flexibility index (Phi) is 4.14. The molecular weight excluding hydrogens is 226 g/mol. The van der Waals surface area contributed by atoms with E-state index in [1.54, 1.807) is 6.92 Å². The number of cyclic esters (lactones) is 1. The normalized spacial score (nSPS) is 34.6. The van der Waals surface area contributed by atoms with Gasteiger partial charge in [-0.15, -0.1) is 0 Å². The van der Waals surface area contributed by atoms with Gasteiger partial charge in [0, 0.05) is 0 Å². The van der Waals surface area contributed by atoms with Gasteiger partial charge < -0.3 is 14.6 Å². The molecule has 0 aromatic rings. The van der Waals surface area contributed by atoms with Crippen molar-refractivity contribution in [3.63, 3.8) is 0 Å². The average molecular weight is 247 g/mol. The minimum atomic E-state index is -1.35. The van der Waals surface area contributed by atoms with Crippen molar-refractivity contribution < 1.29 is 24.2 Å². The largest absolute Gasteiger partial charge is 0.456 e. The second kappa shape index (κ2) is 4.89. The quantitative estimate of drug-likeness (QED) is 0.426. The summed E-state index contributed by atoms with van der Waals surface area (Å²) >= 11 is 0. The maximum Gasteiger partial charge on any atom is 0.309 e. The number of aliphatic hydroxyl groups is 1. The zero-order valence-electron chi connectivity index (χ0n) is 10.7. The summed E-state index contributed by atoms with van der Waals surface area (Å²) < 4.78 is 10.7. The van der Waals surface area contributed by atoms with Gasteiger partial charge in [-0.2, -0.15) is 0 Å². The van der Waals surface area contributed by atoms with Crippen molar-refractivity contribution in [1.82, 2.24) is 0 Å². The second-order valence-electron chi connectivity index (χ2n) is 5.00. The molecule has 1 aliphatic heterocycles. The Morgan fingerprint density at radius 2 is 2.24 bits per heavy atom. The van der Waals surface area contributed by atoms with E-state index in [1.807, 2.05) is 6.92 Å². The summed E-state index contributed by atoms with van der Waals surface area (Å²) in [4.78, 5) is 16.4. The number of ether oxygens (including phenoxy) is 2. The first-order valence-electron chi connectivity index (χ1n) is 5.69. The van der Waals surface area contributed by atoms with Crippen LogP contribution in [0.4, 0.5) is 0 Å².